The van der Waals surface area contributed by atoms with Crippen LogP contribution in [0.5, 0.6) is 23.0 Å². The lowest BCUT2D eigenvalue weighted by Crippen LogP contribution is -2.41. The van der Waals surface area contributed by atoms with Gasteiger partial charge in [-0.05, 0) is 170 Å². The number of hydrogen-bond acceptors (Lipinski definition) is 12. The van der Waals surface area contributed by atoms with Crippen molar-refractivity contribution in [1.82, 2.24) is 0 Å². The minimum absolute atomic E-state index is 0.149. The molecule has 0 unspecified atom stereocenters. The van der Waals surface area contributed by atoms with Gasteiger partial charge in [0.15, 0.2) is 0 Å². The first-order valence-electron chi connectivity index (χ1n) is 39.9. The normalized spacial score (nSPS) is 14.0. The van der Waals surface area contributed by atoms with Crippen molar-refractivity contribution in [3.05, 3.63) is 251 Å². The molecule has 13 aromatic carbocycles. The van der Waals surface area contributed by atoms with Gasteiger partial charge in [0, 0.05) is 125 Å². The van der Waals surface area contributed by atoms with E-state index < -0.39 is 47.3 Å². The maximum Gasteiger partial charge on any atom is 0.266 e. The van der Waals surface area contributed by atoms with Gasteiger partial charge in [0.05, 0.1) is 33.9 Å². The molecule has 0 bridgehead atoms. The summed E-state index contributed by atoms with van der Waals surface area (Å²) in [5.74, 6) is -3.11. The SMILES string of the molecule is CCCCCCN(CCCCCC)c1ccc2c3c(cccc13)C(=O)N(c1ccc(N3C(=O)c4ccc5c6c(Oc7ccccc7)cc7c8c(ccc(c9c(Oc%10ccccc%10)cc(c4c59)C3=O)c86)C(=O)N(c3ccc(N4C(=O)c5cccc6c(N(CCCCCC)CCCCCC)ccc(c56)C4=O)cc3)C7=O)cc1)C2=O. The molecule has 13 aromatic rings. The number of ether oxygens (including phenoxy) is 2. The number of carbonyl (C=O) groups is 8. The van der Waals surface area contributed by atoms with Gasteiger partial charge in [-0.25, -0.2) is 19.6 Å². The van der Waals surface area contributed by atoms with E-state index in [1.807, 2.05) is 84.9 Å². The van der Waals surface area contributed by atoms with Crippen LogP contribution in [-0.2, 0) is 0 Å². The van der Waals surface area contributed by atoms with Crippen LogP contribution in [0, 0.1) is 0 Å². The zero-order valence-corrected chi connectivity index (χ0v) is 63.5. The van der Waals surface area contributed by atoms with Crippen LogP contribution in [0.4, 0.5) is 34.1 Å². The molecule has 0 aliphatic carbocycles. The highest BCUT2D eigenvalue weighted by molar-refractivity contribution is 6.47. The molecule has 0 radical (unpaired) electrons. The first-order chi connectivity index (χ1) is 54.8. The first kappa shape index (κ1) is 72.3. The van der Waals surface area contributed by atoms with Gasteiger partial charge in [0.2, 0.25) is 0 Å². The Morgan fingerprint density at radius 2 is 0.527 bits per heavy atom. The topological polar surface area (TPSA) is 174 Å². The maximum absolute atomic E-state index is 15.7. The number of anilines is 6. The smallest absolute Gasteiger partial charge is 0.266 e. The lowest BCUT2D eigenvalue weighted by atomic mass is 9.81. The highest BCUT2D eigenvalue weighted by Crippen LogP contribution is 2.54. The number of carbonyl (C=O) groups excluding carboxylic acids is 8. The van der Waals surface area contributed by atoms with E-state index in [0.717, 1.165) is 161 Å². The molecule has 0 saturated heterocycles. The third-order valence-electron chi connectivity index (χ3n) is 23.0. The van der Waals surface area contributed by atoms with Gasteiger partial charge < -0.3 is 19.3 Å². The maximum atomic E-state index is 15.7. The second-order valence-electron chi connectivity index (χ2n) is 30.0. The molecule has 560 valence electrons. The zero-order chi connectivity index (χ0) is 77.0. The monoisotopic (exact) mass is 1480 g/mol. The van der Waals surface area contributed by atoms with Crippen LogP contribution in [0.2, 0.25) is 0 Å². The van der Waals surface area contributed by atoms with Crippen molar-refractivity contribution in [2.75, 3.05) is 55.6 Å². The van der Waals surface area contributed by atoms with E-state index in [-0.39, 0.29) is 56.5 Å². The van der Waals surface area contributed by atoms with E-state index in [9.17, 15) is 19.2 Å². The van der Waals surface area contributed by atoms with Crippen LogP contribution in [0.3, 0.4) is 0 Å². The summed E-state index contributed by atoms with van der Waals surface area (Å²) in [5.41, 5.74) is 5.28. The molecular weight excluding hydrogens is 1400 g/mol. The van der Waals surface area contributed by atoms with Crippen molar-refractivity contribution in [3.8, 4) is 23.0 Å². The van der Waals surface area contributed by atoms with Gasteiger partial charge in [-0.1, -0.05) is 178 Å². The van der Waals surface area contributed by atoms with Gasteiger partial charge in [-0.3, -0.25) is 38.4 Å². The third kappa shape index (κ3) is 12.3. The van der Waals surface area contributed by atoms with Crippen LogP contribution in [0.15, 0.2) is 206 Å². The molecule has 4 heterocycles. The second-order valence-corrected chi connectivity index (χ2v) is 30.0. The number of amides is 8. The van der Waals surface area contributed by atoms with Crippen molar-refractivity contribution >= 4 is 146 Å². The molecule has 0 saturated carbocycles. The minimum atomic E-state index is -0.659. The summed E-state index contributed by atoms with van der Waals surface area (Å²) in [6, 6.07) is 60.1. The van der Waals surface area contributed by atoms with Crippen molar-refractivity contribution < 1.29 is 47.8 Å². The summed E-state index contributed by atoms with van der Waals surface area (Å²) in [6.07, 6.45) is 17.8. The Morgan fingerprint density at radius 1 is 0.241 bits per heavy atom. The number of unbranched alkanes of at least 4 members (excludes halogenated alkanes) is 12. The minimum Gasteiger partial charge on any atom is -0.457 e. The molecule has 0 fully saturated rings. The lowest BCUT2D eigenvalue weighted by Gasteiger charge is -2.32. The summed E-state index contributed by atoms with van der Waals surface area (Å²) in [4.78, 5) is 131. The molecule has 112 heavy (non-hydrogen) atoms. The average Bonchev–Trinajstić information content (AvgIpc) is 0.678. The van der Waals surface area contributed by atoms with Crippen LogP contribution >= 0.6 is 0 Å². The fourth-order valence-corrected chi connectivity index (χ4v) is 17.6. The van der Waals surface area contributed by atoms with Crippen LogP contribution < -0.4 is 38.9 Å². The highest BCUT2D eigenvalue weighted by atomic mass is 16.5. The third-order valence-corrected chi connectivity index (χ3v) is 23.0. The Morgan fingerprint density at radius 3 is 0.839 bits per heavy atom. The molecule has 0 atom stereocenters. The summed E-state index contributed by atoms with van der Waals surface area (Å²) >= 11 is 0. The molecule has 17 rings (SSSR count). The number of benzene rings is 13. The van der Waals surface area contributed by atoms with Crippen molar-refractivity contribution in [2.24, 2.45) is 0 Å². The summed E-state index contributed by atoms with van der Waals surface area (Å²) in [6.45, 7) is 12.3. The Labute approximate surface area is 650 Å². The Kier molecular flexibility index (Phi) is 19.6. The highest BCUT2D eigenvalue weighted by Gasteiger charge is 2.43. The van der Waals surface area contributed by atoms with Crippen molar-refractivity contribution in [2.45, 2.75) is 130 Å². The molecule has 4 aliphatic rings. The molecule has 0 N–H and O–H groups in total. The van der Waals surface area contributed by atoms with Crippen LogP contribution in [0.25, 0.3) is 64.6 Å². The van der Waals surface area contributed by atoms with E-state index >= 15 is 19.2 Å². The fraction of sp³-hybridized carbons (Fsp3) is 0.250. The van der Waals surface area contributed by atoms with Gasteiger partial charge in [0.1, 0.15) is 23.0 Å². The second kappa shape index (κ2) is 30.4. The predicted octanol–water partition coefficient (Wildman–Crippen LogP) is 22.8. The zero-order valence-electron chi connectivity index (χ0n) is 63.5. The van der Waals surface area contributed by atoms with Crippen LogP contribution in [0.1, 0.15) is 213 Å². The molecule has 4 aliphatic heterocycles. The largest absolute Gasteiger partial charge is 0.457 e. The van der Waals surface area contributed by atoms with Gasteiger partial charge in [-0.2, -0.15) is 0 Å². The number of fused-ring (bicyclic) bond motifs is 2. The Bertz CT molecular complexity index is 5560. The van der Waals surface area contributed by atoms with E-state index in [1.165, 1.54) is 9.80 Å². The van der Waals surface area contributed by atoms with E-state index in [0.29, 0.717) is 87.6 Å². The van der Waals surface area contributed by atoms with Crippen LogP contribution in [-0.4, -0.2) is 73.4 Å². The molecule has 16 nitrogen and oxygen atoms in total. The molecule has 16 heteroatoms. The van der Waals surface area contributed by atoms with Crippen molar-refractivity contribution in [1.29, 1.82) is 0 Å². The molecule has 0 aromatic heterocycles. The molecule has 0 spiro atoms. The Hall–Kier alpha value is -12.6. The summed E-state index contributed by atoms with van der Waals surface area (Å²) in [7, 11) is 0. The van der Waals surface area contributed by atoms with Gasteiger partial charge >= 0.3 is 0 Å². The number of rotatable bonds is 30. The predicted molar refractivity (Wildman–Crippen MR) is 447 cm³/mol. The fourth-order valence-electron chi connectivity index (χ4n) is 17.6. The lowest BCUT2D eigenvalue weighted by molar-refractivity contribution is 0.0876. The van der Waals surface area contributed by atoms with Crippen molar-refractivity contribution in [3.63, 3.8) is 0 Å². The first-order valence-corrected chi connectivity index (χ1v) is 39.9. The molecule has 8 amide bonds. The van der Waals surface area contributed by atoms with Gasteiger partial charge in [0.25, 0.3) is 47.3 Å². The molecular formula is C96H86N6O10. The average molecular weight is 1480 g/mol. The van der Waals surface area contributed by atoms with E-state index in [4.69, 9.17) is 9.47 Å². The number of para-hydroxylation sites is 2. The summed E-state index contributed by atoms with van der Waals surface area (Å²) < 4.78 is 13.8. The quantitative estimate of drug-likeness (QED) is 0.0181. The van der Waals surface area contributed by atoms with E-state index in [1.54, 1.807) is 121 Å². The Balaban J connectivity index is 0.719. The standard InChI is InChI=1S/C96H86N6O10/c1-5-9-13-23-53-97(54-24-14-10-6-2)77-51-49-71-81-65(77)33-27-35-69(81)89(103)99(91(71)105)59-37-41-61(42-38-59)101-93(107)73-47-45-67-86-80(112-64-31-21-18-22-32-64)58-76-84-74(48-46-68(88(84)86)85-79(111-63-29-19-17-20-30-63)57-75(95(101)109)83(73)87(67)85)94(108)102(96(76)110)62-43-39-60(40-44-62)100-90(104)70-36-28-34-66-78(52-50-72(82(66)70)92(100)106)98(55-25-15-11-7-3)56-26-16-12-8-4/h17-22,27-52,57-58H,5-16,23-26,53-56H2,1-4H3. The van der Waals surface area contributed by atoms with E-state index in [2.05, 4.69) is 37.5 Å². The number of nitrogens with zero attached hydrogens (tertiary/aromatic N) is 6. The number of hydrogen-bond donors (Lipinski definition) is 0. The summed E-state index contributed by atoms with van der Waals surface area (Å²) in [5, 5.41) is 6.77. The number of imide groups is 4. The van der Waals surface area contributed by atoms with Gasteiger partial charge in [-0.15, -0.1) is 0 Å².